The van der Waals surface area contributed by atoms with Crippen LogP contribution in [0.2, 0.25) is 5.02 Å². The van der Waals surface area contributed by atoms with E-state index in [-0.39, 0.29) is 28.0 Å². The van der Waals surface area contributed by atoms with Crippen LogP contribution in [0.5, 0.6) is 17.2 Å². The second-order valence-electron chi connectivity index (χ2n) is 5.22. The first-order valence-electron chi connectivity index (χ1n) is 7.68. The normalized spacial score (nSPS) is 10.9. The van der Waals surface area contributed by atoms with Crippen molar-refractivity contribution >= 4 is 25.1 Å². The lowest BCUT2D eigenvalue weighted by molar-refractivity contribution is -0.384. The highest BCUT2D eigenvalue weighted by atomic mass is 35.5. The van der Waals surface area contributed by atoms with Crippen LogP contribution >= 0.6 is 19.4 Å². The largest absolute Gasteiger partial charge is 0.647 e. The number of hydrogen-bond acceptors (Lipinski definition) is 6. The Hall–Kier alpha value is -3.02. The van der Waals surface area contributed by atoms with Crippen molar-refractivity contribution in [3.63, 3.8) is 0 Å². The molecule has 0 unspecified atom stereocenters. The fraction of sp³-hybridized carbons (Fsp3) is 0. The Kier molecular flexibility index (Phi) is 5.64. The van der Waals surface area contributed by atoms with Crippen molar-refractivity contribution in [1.29, 1.82) is 0 Å². The second kappa shape index (κ2) is 8.12. The van der Waals surface area contributed by atoms with Gasteiger partial charge in [0.1, 0.15) is 11.5 Å². The van der Waals surface area contributed by atoms with Crippen LogP contribution < -0.4 is 13.6 Å². The van der Waals surface area contributed by atoms with Gasteiger partial charge in [0, 0.05) is 12.1 Å². The summed E-state index contributed by atoms with van der Waals surface area (Å²) in [6.07, 6.45) is 0. The van der Waals surface area contributed by atoms with Crippen molar-refractivity contribution in [2.45, 2.75) is 0 Å². The zero-order valence-corrected chi connectivity index (χ0v) is 15.4. The molecule has 7 nitrogen and oxygen atoms in total. The predicted octanol–water partition coefficient (Wildman–Crippen LogP) is 5.89. The molecule has 0 fully saturated rings. The third-order valence-corrected chi connectivity index (χ3v) is 4.84. The van der Waals surface area contributed by atoms with Crippen LogP contribution in [0.3, 0.4) is 0 Å². The second-order valence-corrected chi connectivity index (χ2v) is 7.07. The van der Waals surface area contributed by atoms with Crippen molar-refractivity contribution in [2.75, 3.05) is 0 Å². The number of phosphoric ester groups is 1. The molecule has 9 heteroatoms. The lowest BCUT2D eigenvalue weighted by atomic mass is 10.3. The van der Waals surface area contributed by atoms with Gasteiger partial charge in [-0.2, -0.15) is 4.57 Å². The van der Waals surface area contributed by atoms with Crippen LogP contribution in [-0.4, -0.2) is 4.92 Å². The molecule has 138 valence electrons. The maximum Gasteiger partial charge on any atom is 0.647 e. The standard InChI is InChI=1S/C18H13ClNO6P/c19-17-13-14(20(21)22)11-12-18(17)26-27(23,24-15-7-3-1-4-8-15)25-16-9-5-2-6-10-16/h1-13H. The zero-order chi connectivity index (χ0) is 19.3. The van der Waals surface area contributed by atoms with Gasteiger partial charge in [0.15, 0.2) is 5.75 Å². The molecule has 3 aromatic rings. The molecule has 0 radical (unpaired) electrons. The van der Waals surface area contributed by atoms with Crippen LogP contribution in [0.4, 0.5) is 5.69 Å². The Morgan fingerprint density at radius 1 is 0.815 bits per heavy atom. The Labute approximate surface area is 159 Å². The maximum atomic E-state index is 13.2. The van der Waals surface area contributed by atoms with Crippen LogP contribution in [0.25, 0.3) is 0 Å². The molecule has 0 atom stereocenters. The fourth-order valence-corrected chi connectivity index (χ4v) is 3.61. The highest BCUT2D eigenvalue weighted by Gasteiger charge is 2.34. The lowest BCUT2D eigenvalue weighted by Crippen LogP contribution is -2.08. The minimum Gasteiger partial charge on any atom is -0.386 e. The number of para-hydroxylation sites is 2. The van der Waals surface area contributed by atoms with Crippen molar-refractivity contribution in [1.82, 2.24) is 0 Å². The Bertz CT molecular complexity index is 938. The van der Waals surface area contributed by atoms with E-state index in [1.165, 1.54) is 12.1 Å². The molecule has 3 rings (SSSR count). The molecule has 0 aliphatic carbocycles. The molecule has 0 bridgehead atoms. The number of rotatable bonds is 7. The predicted molar refractivity (Wildman–Crippen MR) is 100 cm³/mol. The molecular weight excluding hydrogens is 393 g/mol. The van der Waals surface area contributed by atoms with E-state index < -0.39 is 12.7 Å². The molecule has 0 N–H and O–H groups in total. The summed E-state index contributed by atoms with van der Waals surface area (Å²) in [5, 5.41) is 10.7. The van der Waals surface area contributed by atoms with Crippen molar-refractivity contribution in [3.05, 3.63) is 94.0 Å². The molecule has 0 aromatic heterocycles. The molecule has 3 aromatic carbocycles. The molecule has 0 amide bonds. The van der Waals surface area contributed by atoms with E-state index in [9.17, 15) is 14.7 Å². The molecule has 0 aliphatic heterocycles. The van der Waals surface area contributed by atoms with E-state index in [0.29, 0.717) is 0 Å². The highest BCUT2D eigenvalue weighted by molar-refractivity contribution is 7.49. The minimum atomic E-state index is -4.21. The van der Waals surface area contributed by atoms with Gasteiger partial charge in [-0.3, -0.25) is 10.1 Å². The van der Waals surface area contributed by atoms with E-state index in [2.05, 4.69) is 0 Å². The number of nitrogens with zero attached hydrogens (tertiary/aromatic N) is 1. The van der Waals surface area contributed by atoms with Gasteiger partial charge >= 0.3 is 7.82 Å². The highest BCUT2D eigenvalue weighted by Crippen LogP contribution is 2.51. The molecule has 0 heterocycles. The monoisotopic (exact) mass is 405 g/mol. The summed E-state index contributed by atoms with van der Waals surface area (Å²) in [7, 11) is -4.21. The summed E-state index contributed by atoms with van der Waals surface area (Å²) in [6.45, 7) is 0. The summed E-state index contributed by atoms with van der Waals surface area (Å²) in [5.74, 6) is 0.446. The number of nitro groups is 1. The summed E-state index contributed by atoms with van der Waals surface area (Å²) in [6, 6.07) is 20.2. The average molecular weight is 406 g/mol. The number of benzene rings is 3. The summed E-state index contributed by atoms with van der Waals surface area (Å²) in [5.41, 5.74) is -0.227. The Morgan fingerprint density at radius 3 is 1.78 bits per heavy atom. The number of hydrogen-bond donors (Lipinski definition) is 0. The Balaban J connectivity index is 1.92. The molecule has 0 saturated heterocycles. The SMILES string of the molecule is O=[N+]([O-])c1ccc(OP(=O)(Oc2ccccc2)Oc2ccccc2)c(Cl)c1. The van der Waals surface area contributed by atoms with Gasteiger partial charge in [0.25, 0.3) is 5.69 Å². The summed E-state index contributed by atoms with van der Waals surface area (Å²) in [4.78, 5) is 10.2. The van der Waals surface area contributed by atoms with Gasteiger partial charge in [0.05, 0.1) is 9.95 Å². The first-order valence-corrected chi connectivity index (χ1v) is 9.52. The minimum absolute atomic E-state index is 0.0718. The number of halogens is 1. The molecule has 27 heavy (non-hydrogen) atoms. The number of non-ortho nitro benzene ring substituents is 1. The van der Waals surface area contributed by atoms with Crippen LogP contribution in [-0.2, 0) is 4.57 Å². The smallest absolute Gasteiger partial charge is 0.386 e. The number of nitro benzene ring substituents is 1. The third kappa shape index (κ3) is 5.00. The molecular formula is C18H13ClNO6P. The van der Waals surface area contributed by atoms with Crippen molar-refractivity contribution in [2.24, 2.45) is 0 Å². The van der Waals surface area contributed by atoms with Gasteiger partial charge < -0.3 is 13.6 Å². The maximum absolute atomic E-state index is 13.2. The van der Waals surface area contributed by atoms with Gasteiger partial charge in [-0.25, -0.2) is 0 Å². The van der Waals surface area contributed by atoms with E-state index in [1.54, 1.807) is 60.7 Å². The topological polar surface area (TPSA) is 87.9 Å². The van der Waals surface area contributed by atoms with E-state index in [4.69, 9.17) is 25.2 Å². The molecule has 0 aliphatic rings. The zero-order valence-electron chi connectivity index (χ0n) is 13.7. The first-order chi connectivity index (χ1) is 13.0. The van der Waals surface area contributed by atoms with Gasteiger partial charge in [-0.15, -0.1) is 0 Å². The van der Waals surface area contributed by atoms with E-state index in [1.807, 2.05) is 0 Å². The Morgan fingerprint density at radius 2 is 1.33 bits per heavy atom. The third-order valence-electron chi connectivity index (χ3n) is 3.26. The molecule has 0 saturated carbocycles. The van der Waals surface area contributed by atoms with Crippen LogP contribution in [0.15, 0.2) is 78.9 Å². The van der Waals surface area contributed by atoms with Crippen molar-refractivity contribution < 1.29 is 23.1 Å². The first kappa shape index (κ1) is 18.8. The van der Waals surface area contributed by atoms with Gasteiger partial charge in [-0.05, 0) is 30.3 Å². The fourth-order valence-electron chi connectivity index (χ4n) is 2.07. The summed E-state index contributed by atoms with van der Waals surface area (Å²) < 4.78 is 29.6. The van der Waals surface area contributed by atoms with Gasteiger partial charge in [0.2, 0.25) is 0 Å². The van der Waals surface area contributed by atoms with Gasteiger partial charge in [-0.1, -0.05) is 48.0 Å². The quantitative estimate of drug-likeness (QED) is 0.276. The van der Waals surface area contributed by atoms with Crippen molar-refractivity contribution in [3.8, 4) is 17.2 Å². The van der Waals surface area contributed by atoms with E-state index in [0.717, 1.165) is 6.07 Å². The lowest BCUT2D eigenvalue weighted by Gasteiger charge is -2.19. The number of phosphoric acid groups is 1. The summed E-state index contributed by atoms with van der Waals surface area (Å²) >= 11 is 6.02. The average Bonchev–Trinajstić information content (AvgIpc) is 2.64. The van der Waals surface area contributed by atoms with E-state index >= 15 is 0 Å². The molecule has 0 spiro atoms. The van der Waals surface area contributed by atoms with Crippen LogP contribution in [0, 0.1) is 10.1 Å². The van der Waals surface area contributed by atoms with Crippen LogP contribution in [0.1, 0.15) is 0 Å².